The largest absolute Gasteiger partial charge is 0.573 e. The molecule has 1 fully saturated rings. The van der Waals surface area contributed by atoms with Gasteiger partial charge in [-0.15, -0.1) is 23.4 Å². The molecule has 184 valence electrons. The quantitative estimate of drug-likeness (QED) is 0.500. The van der Waals surface area contributed by atoms with Crippen molar-refractivity contribution in [2.75, 3.05) is 43.5 Å². The number of ether oxygens (including phenoxy) is 2. The third-order valence-electron chi connectivity index (χ3n) is 4.77. The van der Waals surface area contributed by atoms with Gasteiger partial charge in [0.2, 0.25) is 11.0 Å². The van der Waals surface area contributed by atoms with Crippen molar-refractivity contribution < 1.29 is 32.2 Å². The van der Waals surface area contributed by atoms with Gasteiger partial charge in [-0.05, 0) is 30.3 Å². The highest BCUT2D eigenvalue weighted by atomic mass is 32.1. The first-order valence-electron chi connectivity index (χ1n) is 10.3. The number of nitrogens with one attached hydrogen (secondary N) is 2. The molecule has 1 aliphatic heterocycles. The Hall–Kier alpha value is -3.62. The highest BCUT2D eigenvalue weighted by molar-refractivity contribution is 7.18. The molecule has 4 rings (SSSR count). The Labute approximate surface area is 201 Å². The van der Waals surface area contributed by atoms with E-state index in [9.17, 15) is 22.8 Å². The van der Waals surface area contributed by atoms with Gasteiger partial charge >= 0.3 is 6.36 Å². The lowest BCUT2D eigenvalue weighted by atomic mass is 10.1. The van der Waals surface area contributed by atoms with Crippen molar-refractivity contribution in [2.24, 2.45) is 0 Å². The smallest absolute Gasteiger partial charge is 0.404 e. The van der Waals surface area contributed by atoms with Gasteiger partial charge in [0.25, 0.3) is 5.91 Å². The molecule has 10 nitrogen and oxygen atoms in total. The maximum absolute atomic E-state index is 12.9. The summed E-state index contributed by atoms with van der Waals surface area (Å²) in [7, 11) is 0. The van der Waals surface area contributed by atoms with E-state index in [4.69, 9.17) is 4.74 Å². The van der Waals surface area contributed by atoms with Crippen molar-refractivity contribution in [3.63, 3.8) is 0 Å². The molecular weight excluding hydrogens is 489 g/mol. The van der Waals surface area contributed by atoms with Crippen LogP contribution in [-0.4, -0.2) is 71.1 Å². The summed E-state index contributed by atoms with van der Waals surface area (Å²) in [6.45, 7) is 1.90. The molecule has 1 saturated heterocycles. The molecule has 0 bridgehead atoms. The van der Waals surface area contributed by atoms with E-state index in [2.05, 4.69) is 30.6 Å². The summed E-state index contributed by atoms with van der Waals surface area (Å²) < 4.78 is 47.8. The minimum absolute atomic E-state index is 0.0145. The van der Waals surface area contributed by atoms with E-state index in [-0.39, 0.29) is 22.9 Å². The lowest BCUT2D eigenvalue weighted by Gasteiger charge is -2.26. The molecule has 3 aromatic rings. The maximum Gasteiger partial charge on any atom is 0.573 e. The van der Waals surface area contributed by atoms with E-state index in [1.807, 2.05) is 0 Å². The summed E-state index contributed by atoms with van der Waals surface area (Å²) in [6, 6.07) is 6.74. The monoisotopic (exact) mass is 508 g/mol. The number of aromatic nitrogens is 3. The first-order chi connectivity index (χ1) is 16.8. The summed E-state index contributed by atoms with van der Waals surface area (Å²) in [6.07, 6.45) is -1.78. The van der Waals surface area contributed by atoms with E-state index in [1.54, 1.807) is 29.4 Å². The molecule has 14 heteroatoms. The molecule has 2 amide bonds. The third kappa shape index (κ3) is 6.94. The SMILES string of the molecule is O=C(CN1CCOCC1)Nc1cc(C(=O)Nc2nnc(-c3cccnc3)s2)ccc1OC(F)(F)F. The van der Waals surface area contributed by atoms with Gasteiger partial charge < -0.3 is 14.8 Å². The minimum atomic E-state index is -4.98. The zero-order valence-corrected chi connectivity index (χ0v) is 18.9. The lowest BCUT2D eigenvalue weighted by Crippen LogP contribution is -2.41. The fourth-order valence-corrected chi connectivity index (χ4v) is 3.91. The number of carbonyl (C=O) groups is 2. The number of rotatable bonds is 7. The van der Waals surface area contributed by atoms with Crippen molar-refractivity contribution >= 4 is 34.0 Å². The molecule has 2 N–H and O–H groups in total. The van der Waals surface area contributed by atoms with Crippen LogP contribution in [0.2, 0.25) is 0 Å². The van der Waals surface area contributed by atoms with Crippen LogP contribution in [0.25, 0.3) is 10.6 Å². The second kappa shape index (κ2) is 10.8. The number of anilines is 2. The molecule has 0 spiro atoms. The molecule has 0 unspecified atom stereocenters. The highest BCUT2D eigenvalue weighted by Gasteiger charge is 2.32. The Kier molecular flexibility index (Phi) is 7.53. The van der Waals surface area contributed by atoms with Gasteiger partial charge in [-0.1, -0.05) is 11.3 Å². The normalized spacial score (nSPS) is 14.4. The first kappa shape index (κ1) is 24.5. The predicted octanol–water partition coefficient (Wildman–Crippen LogP) is 3.02. The van der Waals surface area contributed by atoms with Crippen LogP contribution in [0.1, 0.15) is 10.4 Å². The van der Waals surface area contributed by atoms with Gasteiger partial charge in [-0.2, -0.15) is 0 Å². The van der Waals surface area contributed by atoms with Gasteiger partial charge in [-0.3, -0.25) is 24.8 Å². The van der Waals surface area contributed by atoms with Crippen LogP contribution in [0, 0.1) is 0 Å². The Morgan fingerprint density at radius 1 is 1.14 bits per heavy atom. The second-order valence-electron chi connectivity index (χ2n) is 7.30. The Morgan fingerprint density at radius 2 is 1.94 bits per heavy atom. The summed E-state index contributed by atoms with van der Waals surface area (Å²) in [5, 5.41) is 13.6. The van der Waals surface area contributed by atoms with Crippen molar-refractivity contribution in [1.29, 1.82) is 0 Å². The van der Waals surface area contributed by atoms with Gasteiger partial charge in [0.1, 0.15) is 0 Å². The highest BCUT2D eigenvalue weighted by Crippen LogP contribution is 2.32. The lowest BCUT2D eigenvalue weighted by molar-refractivity contribution is -0.274. The van der Waals surface area contributed by atoms with Gasteiger partial charge in [0.15, 0.2) is 10.8 Å². The van der Waals surface area contributed by atoms with Crippen LogP contribution in [0.3, 0.4) is 0 Å². The summed E-state index contributed by atoms with van der Waals surface area (Å²) >= 11 is 1.10. The van der Waals surface area contributed by atoms with Gasteiger partial charge in [0.05, 0.1) is 25.4 Å². The number of alkyl halides is 3. The molecule has 0 saturated carbocycles. The molecule has 1 aliphatic rings. The zero-order chi connectivity index (χ0) is 24.8. The Morgan fingerprint density at radius 3 is 2.66 bits per heavy atom. The molecule has 0 atom stereocenters. The van der Waals surface area contributed by atoms with Crippen molar-refractivity contribution in [3.05, 3.63) is 48.3 Å². The van der Waals surface area contributed by atoms with Crippen molar-refractivity contribution in [2.45, 2.75) is 6.36 Å². The number of nitrogens with zero attached hydrogens (tertiary/aromatic N) is 4. The van der Waals surface area contributed by atoms with E-state index in [0.29, 0.717) is 36.9 Å². The Balaban J connectivity index is 1.49. The number of pyridine rings is 1. The zero-order valence-electron chi connectivity index (χ0n) is 18.0. The first-order valence-corrected chi connectivity index (χ1v) is 11.1. The van der Waals surface area contributed by atoms with Crippen molar-refractivity contribution in [1.82, 2.24) is 20.1 Å². The number of benzene rings is 1. The topological polar surface area (TPSA) is 119 Å². The third-order valence-corrected chi connectivity index (χ3v) is 5.65. The molecular formula is C21H19F3N6O4S. The number of hydrogen-bond donors (Lipinski definition) is 2. The van der Waals surface area contributed by atoms with E-state index in [0.717, 1.165) is 29.5 Å². The standard InChI is InChI=1S/C21H19F3N6O4S/c22-21(23,24)34-16-4-3-13(10-15(16)26-17(31)12-30-6-8-33-9-7-30)18(32)27-20-29-28-19(35-20)14-2-1-5-25-11-14/h1-5,10-11H,6-9,12H2,(H,26,31)(H,27,29,32). The van der Waals surface area contributed by atoms with Crippen molar-refractivity contribution in [3.8, 4) is 16.3 Å². The predicted molar refractivity (Wildman–Crippen MR) is 120 cm³/mol. The van der Waals surface area contributed by atoms with E-state index in [1.165, 1.54) is 0 Å². The van der Waals surface area contributed by atoms with Gasteiger partial charge in [0, 0.05) is 36.6 Å². The van der Waals surface area contributed by atoms with Crippen LogP contribution in [0.15, 0.2) is 42.7 Å². The summed E-state index contributed by atoms with van der Waals surface area (Å²) in [5.74, 6) is -1.85. The molecule has 0 radical (unpaired) electrons. The summed E-state index contributed by atoms with van der Waals surface area (Å²) in [4.78, 5) is 31.0. The van der Waals surface area contributed by atoms with E-state index >= 15 is 0 Å². The number of hydrogen-bond acceptors (Lipinski definition) is 9. The molecule has 0 aliphatic carbocycles. The number of carbonyl (C=O) groups excluding carboxylic acids is 2. The van der Waals surface area contributed by atoms with E-state index < -0.39 is 23.9 Å². The molecule has 3 heterocycles. The van der Waals surface area contributed by atoms with Crippen LogP contribution in [-0.2, 0) is 9.53 Å². The average Bonchev–Trinajstić information content (AvgIpc) is 3.29. The minimum Gasteiger partial charge on any atom is -0.404 e. The maximum atomic E-state index is 12.9. The fourth-order valence-electron chi connectivity index (χ4n) is 3.18. The van der Waals surface area contributed by atoms with Gasteiger partial charge in [-0.25, -0.2) is 0 Å². The van der Waals surface area contributed by atoms with Crippen LogP contribution in [0.4, 0.5) is 24.0 Å². The van der Waals surface area contributed by atoms with Crippen LogP contribution in [0.5, 0.6) is 5.75 Å². The molecule has 2 aromatic heterocycles. The fraction of sp³-hybridized carbons (Fsp3) is 0.286. The van der Waals surface area contributed by atoms with Crippen LogP contribution < -0.4 is 15.4 Å². The number of amides is 2. The molecule has 1 aromatic carbocycles. The van der Waals surface area contributed by atoms with Crippen LogP contribution >= 0.6 is 11.3 Å². The second-order valence-corrected chi connectivity index (χ2v) is 8.28. The number of halogens is 3. The number of morpholine rings is 1. The molecule has 35 heavy (non-hydrogen) atoms. The average molecular weight is 508 g/mol. The Bertz CT molecular complexity index is 1190. The summed E-state index contributed by atoms with van der Waals surface area (Å²) in [5.41, 5.74) is 0.408.